The van der Waals surface area contributed by atoms with Crippen LogP contribution in [0.5, 0.6) is 0 Å². The van der Waals surface area contributed by atoms with Crippen molar-refractivity contribution in [3.05, 3.63) is 65.0 Å². The Morgan fingerprint density at radius 1 is 1.12 bits per heavy atom. The van der Waals surface area contributed by atoms with Gasteiger partial charge in [0.1, 0.15) is 11.6 Å². The number of anilines is 2. The normalized spacial score (nSPS) is 9.50. The molecule has 0 aliphatic carbocycles. The van der Waals surface area contributed by atoms with E-state index in [9.17, 15) is 17.2 Å². The summed E-state index contributed by atoms with van der Waals surface area (Å²) >= 11 is 0. The van der Waals surface area contributed by atoms with Crippen LogP contribution in [0, 0.1) is 18.2 Å². The lowest BCUT2D eigenvalue weighted by Gasteiger charge is -2.06. The second-order valence-corrected chi connectivity index (χ2v) is 6.46. The highest BCUT2D eigenvalue weighted by Gasteiger charge is 2.07. The Morgan fingerprint density at radius 3 is 2.15 bits per heavy atom. The molecule has 0 unspecified atom stereocenters. The molecule has 2 aromatic carbocycles. The molecule has 0 saturated heterocycles. The Kier molecular flexibility index (Phi) is 10.8. The minimum Gasteiger partial charge on any atom is -0.397 e. The van der Waals surface area contributed by atoms with Crippen molar-refractivity contribution in [2.75, 3.05) is 16.7 Å². The smallest absolute Gasteiger partial charge is 0.229 e. The predicted molar refractivity (Wildman–Crippen MR) is 103 cm³/mol. The number of nitrogen functional groups attached to an aromatic ring is 1. The van der Waals surface area contributed by atoms with Gasteiger partial charge in [-0.05, 0) is 29.8 Å². The summed E-state index contributed by atoms with van der Waals surface area (Å²) in [5, 5.41) is 0. The molecule has 26 heavy (non-hydrogen) atoms. The maximum Gasteiger partial charge on any atom is 0.229 e. The first kappa shape index (κ1) is 25.5. The minimum atomic E-state index is -3.46. The molecule has 0 amide bonds. The Hall–Kier alpha value is -2.70. The van der Waals surface area contributed by atoms with Crippen LogP contribution in [0.1, 0.15) is 20.4 Å². The Bertz CT molecular complexity index is 866. The van der Waals surface area contributed by atoms with E-state index < -0.39 is 21.7 Å². The van der Waals surface area contributed by atoms with Gasteiger partial charge in [0.2, 0.25) is 10.0 Å². The Morgan fingerprint density at radius 2 is 1.69 bits per heavy atom. The molecule has 2 rings (SSSR count). The number of rotatable bonds is 3. The number of nitrogens with one attached hydrogen (secondary N) is 1. The van der Waals surface area contributed by atoms with E-state index in [0.29, 0.717) is 11.3 Å². The van der Waals surface area contributed by atoms with Gasteiger partial charge in [0, 0.05) is 6.54 Å². The van der Waals surface area contributed by atoms with E-state index >= 15 is 0 Å². The van der Waals surface area contributed by atoms with Gasteiger partial charge >= 0.3 is 0 Å². The molecule has 2 aromatic rings. The summed E-state index contributed by atoms with van der Waals surface area (Å²) in [5.74, 6) is -1.10. The van der Waals surface area contributed by atoms with Crippen LogP contribution in [0.25, 0.3) is 4.85 Å². The predicted octanol–water partition coefficient (Wildman–Crippen LogP) is 3.89. The van der Waals surface area contributed by atoms with Crippen molar-refractivity contribution in [3.8, 4) is 0 Å². The van der Waals surface area contributed by atoms with E-state index in [0.717, 1.165) is 6.26 Å². The van der Waals surface area contributed by atoms with Gasteiger partial charge in [-0.25, -0.2) is 22.0 Å². The zero-order chi connectivity index (χ0) is 18.3. The lowest BCUT2D eigenvalue weighted by atomic mass is 10.2. The fourth-order valence-corrected chi connectivity index (χ4v) is 2.13. The van der Waals surface area contributed by atoms with Crippen LogP contribution in [-0.4, -0.2) is 14.7 Å². The number of halogens is 2. The summed E-state index contributed by atoms with van der Waals surface area (Å²) < 4.78 is 49.2. The summed E-state index contributed by atoms with van der Waals surface area (Å²) in [6.07, 6.45) is 0.960. The van der Waals surface area contributed by atoms with E-state index in [4.69, 9.17) is 18.0 Å². The Balaban J connectivity index is 0. The first-order chi connectivity index (χ1) is 11.2. The molecule has 0 spiro atoms. The monoisotopic (exact) mass is 386 g/mol. The number of hydrogen-bond donors (Lipinski definition) is 3. The van der Waals surface area contributed by atoms with Crippen LogP contribution >= 0.6 is 0 Å². The van der Waals surface area contributed by atoms with Gasteiger partial charge < -0.3 is 11.5 Å². The molecule has 5 N–H and O–H groups in total. The molecule has 6 nitrogen and oxygen atoms in total. The number of nitrogens with two attached hydrogens (primary N) is 2. The van der Waals surface area contributed by atoms with Gasteiger partial charge in [-0.1, -0.05) is 27.0 Å². The number of sulfonamides is 1. The van der Waals surface area contributed by atoms with Crippen molar-refractivity contribution in [3.63, 3.8) is 0 Å². The summed E-state index contributed by atoms with van der Waals surface area (Å²) in [7, 11) is -3.46. The third-order valence-electron chi connectivity index (χ3n) is 2.67. The first-order valence-corrected chi connectivity index (χ1v) is 8.44. The average molecular weight is 386 g/mol. The third kappa shape index (κ3) is 8.41. The highest BCUT2D eigenvalue weighted by molar-refractivity contribution is 7.92. The lowest BCUT2D eigenvalue weighted by molar-refractivity contribution is 0.603. The van der Waals surface area contributed by atoms with Gasteiger partial charge in [-0.15, -0.1) is 0 Å². The highest BCUT2D eigenvalue weighted by Crippen LogP contribution is 2.18. The second-order valence-electron chi connectivity index (χ2n) is 4.71. The van der Waals surface area contributed by atoms with Crippen molar-refractivity contribution in [1.29, 1.82) is 0 Å². The SMILES string of the molecule is C.C.CS(=O)(=O)Nc1cc(CN)ccc1F.[C-]#[N+]c1ccc(F)c(N)c1. The van der Waals surface area contributed by atoms with Gasteiger partial charge in [-0.3, -0.25) is 4.72 Å². The van der Waals surface area contributed by atoms with Crippen LogP contribution in [-0.2, 0) is 16.6 Å². The van der Waals surface area contributed by atoms with Crippen molar-refractivity contribution in [1.82, 2.24) is 0 Å². The van der Waals surface area contributed by atoms with E-state index in [1.165, 1.54) is 36.4 Å². The molecule has 9 heteroatoms. The van der Waals surface area contributed by atoms with Crippen LogP contribution < -0.4 is 16.2 Å². The fourth-order valence-electron chi connectivity index (χ4n) is 1.58. The van der Waals surface area contributed by atoms with Crippen LogP contribution in [0.15, 0.2) is 36.4 Å². The largest absolute Gasteiger partial charge is 0.397 e. The molecular formula is C17H24F2N4O2S. The standard InChI is InChI=1S/C8H11FN2O2S.C7H5FN2.2CH4/c1-14(12,13)11-8-4-6(5-10)2-3-7(8)9;1-10-5-2-3-6(8)7(9)4-5;;/h2-4,11H,5,10H2,1H3;2-4H,9H2;2*1H4. The van der Waals surface area contributed by atoms with E-state index in [-0.39, 0.29) is 32.8 Å². The van der Waals surface area contributed by atoms with Gasteiger partial charge in [0.25, 0.3) is 0 Å². The van der Waals surface area contributed by atoms with Crippen molar-refractivity contribution in [2.24, 2.45) is 5.73 Å². The molecule has 0 aliphatic rings. The Labute approximate surface area is 153 Å². The van der Waals surface area contributed by atoms with E-state index in [1.807, 2.05) is 0 Å². The summed E-state index contributed by atoms with van der Waals surface area (Å²) in [5.41, 5.74) is 11.5. The average Bonchev–Trinajstić information content (AvgIpc) is 2.51. The van der Waals surface area contributed by atoms with Gasteiger partial charge in [-0.2, -0.15) is 0 Å². The summed E-state index contributed by atoms with van der Waals surface area (Å²) in [6, 6.07) is 7.93. The first-order valence-electron chi connectivity index (χ1n) is 6.55. The third-order valence-corrected chi connectivity index (χ3v) is 3.26. The molecule has 0 saturated carbocycles. The van der Waals surface area contributed by atoms with Crippen molar-refractivity contribution in [2.45, 2.75) is 21.4 Å². The molecule has 0 atom stereocenters. The van der Waals surface area contributed by atoms with Crippen molar-refractivity contribution < 1.29 is 17.2 Å². The lowest BCUT2D eigenvalue weighted by Crippen LogP contribution is -2.11. The van der Waals surface area contributed by atoms with E-state index in [2.05, 4.69) is 9.57 Å². The van der Waals surface area contributed by atoms with Gasteiger partial charge in [0.05, 0.1) is 24.2 Å². The molecule has 0 heterocycles. The second kappa shape index (κ2) is 11.0. The molecule has 0 radical (unpaired) electrons. The number of nitrogens with zero attached hydrogens (tertiary/aromatic N) is 1. The maximum atomic E-state index is 13.1. The zero-order valence-electron chi connectivity index (χ0n) is 12.8. The maximum absolute atomic E-state index is 13.1. The quantitative estimate of drug-likeness (QED) is 0.550. The zero-order valence-corrected chi connectivity index (χ0v) is 13.6. The fraction of sp³-hybridized carbons (Fsp3) is 0.235. The molecule has 0 aliphatic heterocycles. The summed E-state index contributed by atoms with van der Waals surface area (Å²) in [6.45, 7) is 6.79. The molecule has 144 valence electrons. The van der Waals surface area contributed by atoms with Crippen LogP contribution in [0.3, 0.4) is 0 Å². The summed E-state index contributed by atoms with van der Waals surface area (Å²) in [4.78, 5) is 3.08. The molecule has 0 bridgehead atoms. The molecule has 0 aromatic heterocycles. The highest BCUT2D eigenvalue weighted by atomic mass is 32.2. The number of hydrogen-bond acceptors (Lipinski definition) is 4. The van der Waals surface area contributed by atoms with Crippen LogP contribution in [0.2, 0.25) is 0 Å². The van der Waals surface area contributed by atoms with Gasteiger partial charge in [0.15, 0.2) is 5.69 Å². The van der Waals surface area contributed by atoms with Crippen LogP contribution in [0.4, 0.5) is 25.8 Å². The topological polar surface area (TPSA) is 103 Å². The minimum absolute atomic E-state index is 0. The van der Waals surface area contributed by atoms with Crippen molar-refractivity contribution >= 4 is 27.1 Å². The number of benzene rings is 2. The molecule has 0 fully saturated rings. The van der Waals surface area contributed by atoms with E-state index in [1.54, 1.807) is 0 Å². The molecular weight excluding hydrogens is 362 g/mol.